The van der Waals surface area contributed by atoms with E-state index in [-0.39, 0.29) is 0 Å². The second-order valence-corrected chi connectivity index (χ2v) is 0.810. The highest BCUT2D eigenvalue weighted by Crippen LogP contribution is 1.74. The van der Waals surface area contributed by atoms with Gasteiger partial charge in [-0.05, 0) is 6.08 Å². The number of aliphatic hydroxyl groups excluding tert-OH is 1. The molecule has 0 fully saturated rings. The predicted octanol–water partition coefficient (Wildman–Crippen LogP) is 0.0569. The number of nitrogens with zero attached hydrogens (tertiary/aromatic N) is 1. The number of hydrogen-bond acceptors (Lipinski definition) is 2. The van der Waals surface area contributed by atoms with E-state index in [0.29, 0.717) is 0 Å². The largest absolute Gasteiger partial charge is 0.374 e. The summed E-state index contributed by atoms with van der Waals surface area (Å²) < 4.78 is 0. The molecule has 0 heterocycles. The third kappa shape index (κ3) is 1.50. The fraction of sp³-hybridized carbons (Fsp3) is 0.250. The smallest absolute Gasteiger partial charge is 0.158 e. The zero-order valence-electron chi connectivity index (χ0n) is 3.26. The van der Waals surface area contributed by atoms with Crippen LogP contribution in [-0.4, -0.2) is 11.2 Å². The van der Waals surface area contributed by atoms with Crippen molar-refractivity contribution in [2.75, 3.05) is 0 Å². The lowest BCUT2D eigenvalue weighted by Gasteiger charge is -1.81. The van der Waals surface area contributed by atoms with Gasteiger partial charge in [0.05, 0.1) is 6.07 Å². The van der Waals surface area contributed by atoms with Gasteiger partial charge in [0, 0.05) is 0 Å². The lowest BCUT2D eigenvalue weighted by atomic mass is 10.6. The first-order valence-electron chi connectivity index (χ1n) is 1.51. The maximum atomic E-state index is 8.19. The summed E-state index contributed by atoms with van der Waals surface area (Å²) in [6, 6.07) is 1.55. The van der Waals surface area contributed by atoms with Gasteiger partial charge in [0.1, 0.15) is 0 Å². The molecule has 0 rings (SSSR count). The van der Waals surface area contributed by atoms with Gasteiger partial charge in [-0.3, -0.25) is 0 Å². The molecule has 0 aromatic carbocycles. The van der Waals surface area contributed by atoms with Crippen LogP contribution < -0.4 is 0 Å². The van der Waals surface area contributed by atoms with Crippen LogP contribution in [-0.2, 0) is 0 Å². The van der Waals surface area contributed by atoms with Crippen molar-refractivity contribution in [1.29, 1.82) is 5.26 Å². The van der Waals surface area contributed by atoms with Gasteiger partial charge < -0.3 is 5.11 Å². The Kier molecular flexibility index (Phi) is 2.10. The second-order valence-electron chi connectivity index (χ2n) is 0.810. The van der Waals surface area contributed by atoms with Gasteiger partial charge in [0.25, 0.3) is 0 Å². The molecule has 0 aliphatic carbocycles. The molecule has 6 heavy (non-hydrogen) atoms. The molecule has 0 aliphatic heterocycles. The van der Waals surface area contributed by atoms with Gasteiger partial charge >= 0.3 is 0 Å². The van der Waals surface area contributed by atoms with Crippen molar-refractivity contribution in [2.45, 2.75) is 6.10 Å². The zero-order valence-corrected chi connectivity index (χ0v) is 3.26. The number of hydrogen-bond donors (Lipinski definition) is 1. The minimum Gasteiger partial charge on any atom is -0.374 e. The Morgan fingerprint density at radius 2 is 2.50 bits per heavy atom. The second kappa shape index (κ2) is 2.43. The molecule has 1 unspecified atom stereocenters. The van der Waals surface area contributed by atoms with Crippen LogP contribution in [0, 0.1) is 11.3 Å². The molecule has 0 aromatic heterocycles. The van der Waals surface area contributed by atoms with Crippen LogP contribution in [0.2, 0.25) is 0 Å². The quantitative estimate of drug-likeness (QED) is 0.361. The standard InChI is InChI=1S/C4H5NO/c1-2-4(6)3-5/h2,4,6H,1H2/i3+2. The van der Waals surface area contributed by atoms with E-state index >= 15 is 0 Å². The third-order valence-electron chi connectivity index (χ3n) is 0.356. The summed E-state index contributed by atoms with van der Waals surface area (Å²) in [5, 5.41) is 16.0. The summed E-state index contributed by atoms with van der Waals surface area (Å²) in [6.45, 7) is 3.16. The van der Waals surface area contributed by atoms with E-state index in [9.17, 15) is 0 Å². The fourth-order valence-electron chi connectivity index (χ4n) is 0.0527. The first kappa shape index (κ1) is 5.19. The van der Waals surface area contributed by atoms with E-state index in [1.54, 1.807) is 6.07 Å². The van der Waals surface area contributed by atoms with Crippen LogP contribution in [0.15, 0.2) is 12.7 Å². The molecule has 1 atom stereocenters. The van der Waals surface area contributed by atoms with Gasteiger partial charge in [0.2, 0.25) is 0 Å². The summed E-state index contributed by atoms with van der Waals surface area (Å²) in [5.74, 6) is 0. The molecule has 1 N–H and O–H groups in total. The van der Waals surface area contributed by atoms with Crippen molar-refractivity contribution >= 4 is 0 Å². The number of nitriles is 1. The SMILES string of the molecule is C=CC(O)[14C]#N. The highest BCUT2D eigenvalue weighted by molar-refractivity contribution is 4.95. The molecule has 0 aromatic rings. The van der Waals surface area contributed by atoms with Gasteiger partial charge in [-0.2, -0.15) is 5.26 Å². The summed E-state index contributed by atoms with van der Waals surface area (Å²) in [6.07, 6.45) is 0.171. The van der Waals surface area contributed by atoms with Crippen LogP contribution in [0.1, 0.15) is 0 Å². The molecule has 0 aliphatic rings. The van der Waals surface area contributed by atoms with E-state index in [2.05, 4.69) is 6.58 Å². The van der Waals surface area contributed by atoms with E-state index in [1.165, 1.54) is 6.08 Å². The average molecular weight is 85.1 g/mol. The Morgan fingerprint density at radius 3 is 2.50 bits per heavy atom. The van der Waals surface area contributed by atoms with Crippen molar-refractivity contribution in [3.8, 4) is 6.07 Å². The Balaban J connectivity index is 3.30. The van der Waals surface area contributed by atoms with Crippen LogP contribution in [0.5, 0.6) is 0 Å². The van der Waals surface area contributed by atoms with E-state index in [0.717, 1.165) is 0 Å². The maximum absolute atomic E-state index is 8.19. The number of aliphatic hydroxyl groups is 1. The summed E-state index contributed by atoms with van der Waals surface area (Å²) in [4.78, 5) is 0. The highest BCUT2D eigenvalue weighted by atomic mass is 16.3. The Labute approximate surface area is 36.3 Å². The molecule has 0 saturated carbocycles. The normalized spacial score (nSPS) is 12.0. The van der Waals surface area contributed by atoms with Crippen LogP contribution >= 0.6 is 0 Å². The highest BCUT2D eigenvalue weighted by Gasteiger charge is 1.85. The molecule has 0 bridgehead atoms. The lowest BCUT2D eigenvalue weighted by molar-refractivity contribution is 0.279. The van der Waals surface area contributed by atoms with Crippen LogP contribution in [0.3, 0.4) is 0 Å². The van der Waals surface area contributed by atoms with Gasteiger partial charge in [-0.25, -0.2) is 0 Å². The Bertz CT molecular complexity index is 82.0. The topological polar surface area (TPSA) is 44.0 Å². The third-order valence-corrected chi connectivity index (χ3v) is 0.356. The minimum absolute atomic E-state index is 0.995. The fourth-order valence-corrected chi connectivity index (χ4v) is 0.0527. The van der Waals surface area contributed by atoms with Crippen molar-refractivity contribution in [1.82, 2.24) is 0 Å². The first-order valence-corrected chi connectivity index (χ1v) is 1.51. The first-order chi connectivity index (χ1) is 2.81. The van der Waals surface area contributed by atoms with E-state index in [4.69, 9.17) is 10.4 Å². The molecule has 0 amide bonds. The minimum atomic E-state index is -0.995. The van der Waals surface area contributed by atoms with Crippen LogP contribution in [0.4, 0.5) is 0 Å². The van der Waals surface area contributed by atoms with Crippen LogP contribution in [0.25, 0.3) is 0 Å². The maximum Gasteiger partial charge on any atom is 0.158 e. The zero-order chi connectivity index (χ0) is 4.99. The van der Waals surface area contributed by atoms with Gasteiger partial charge in [-0.1, -0.05) is 6.58 Å². The van der Waals surface area contributed by atoms with Gasteiger partial charge in [-0.15, -0.1) is 0 Å². The molecule has 32 valence electrons. The molecule has 0 saturated heterocycles. The van der Waals surface area contributed by atoms with E-state index < -0.39 is 6.10 Å². The van der Waals surface area contributed by atoms with Crippen molar-refractivity contribution < 1.29 is 5.11 Å². The van der Waals surface area contributed by atoms with Gasteiger partial charge in [0.15, 0.2) is 6.10 Å². The van der Waals surface area contributed by atoms with Crippen molar-refractivity contribution in [2.24, 2.45) is 0 Å². The summed E-state index contributed by atoms with van der Waals surface area (Å²) >= 11 is 0. The monoisotopic (exact) mass is 85.0 g/mol. The molecular formula is C4H5NO. The van der Waals surface area contributed by atoms with E-state index in [1.807, 2.05) is 0 Å². The van der Waals surface area contributed by atoms with Crippen molar-refractivity contribution in [3.63, 3.8) is 0 Å². The molecule has 2 nitrogen and oxygen atoms in total. The molecular weight excluding hydrogens is 80.0 g/mol. The predicted molar refractivity (Wildman–Crippen MR) is 21.8 cm³/mol. The molecule has 0 spiro atoms. The Hall–Kier alpha value is -0.810. The summed E-state index contributed by atoms with van der Waals surface area (Å²) in [7, 11) is 0. The summed E-state index contributed by atoms with van der Waals surface area (Å²) in [5.41, 5.74) is 0. The Morgan fingerprint density at radius 1 is 2.00 bits per heavy atom. The average Bonchev–Trinajstić information content (AvgIpc) is 1.65. The van der Waals surface area contributed by atoms with Crippen molar-refractivity contribution in [3.05, 3.63) is 12.7 Å². The number of rotatable bonds is 1. The molecule has 2 heteroatoms. The molecule has 0 radical (unpaired) electrons. The lowest BCUT2D eigenvalue weighted by Crippen LogP contribution is -1.93.